The van der Waals surface area contributed by atoms with Gasteiger partial charge in [-0.25, -0.2) is 4.98 Å². The summed E-state index contributed by atoms with van der Waals surface area (Å²) in [6.07, 6.45) is 1.97. The minimum atomic E-state index is 0.135. The van der Waals surface area contributed by atoms with Crippen LogP contribution in [0.1, 0.15) is 54.0 Å². The Labute approximate surface area is 124 Å². The highest BCUT2D eigenvalue weighted by molar-refractivity contribution is 5.40. The first-order chi connectivity index (χ1) is 9.00. The fourth-order valence-electron chi connectivity index (χ4n) is 1.88. The summed E-state index contributed by atoms with van der Waals surface area (Å²) in [7, 11) is 2.12. The lowest BCUT2D eigenvalue weighted by Crippen LogP contribution is -2.39. The molecule has 0 aliphatic rings. The first-order valence-corrected chi connectivity index (χ1v) is 7.43. The number of nitrogens with zero attached hydrogens (tertiary/aromatic N) is 2. The summed E-state index contributed by atoms with van der Waals surface area (Å²) in [6, 6.07) is 4.71. The predicted molar refractivity (Wildman–Crippen MR) is 88.1 cm³/mol. The molecule has 0 saturated heterocycles. The molecule has 20 heavy (non-hydrogen) atoms. The first-order valence-electron chi connectivity index (χ1n) is 7.43. The fourth-order valence-corrected chi connectivity index (χ4v) is 1.88. The van der Waals surface area contributed by atoms with E-state index in [4.69, 9.17) is 0 Å². The molecule has 1 N–H and O–H groups in total. The van der Waals surface area contributed by atoms with Gasteiger partial charge in [0.25, 0.3) is 0 Å². The SMILES string of the molecule is CC(N(C)c1ccc(CNC(C)(C)C)cn1)C(C)(C)C. The Morgan fingerprint density at radius 3 is 2.15 bits per heavy atom. The van der Waals surface area contributed by atoms with Gasteiger partial charge in [-0.2, -0.15) is 0 Å². The van der Waals surface area contributed by atoms with Crippen LogP contribution in [0.4, 0.5) is 5.82 Å². The lowest BCUT2D eigenvalue weighted by Gasteiger charge is -2.36. The molecule has 1 heterocycles. The standard InChI is InChI=1S/C17H31N3/c1-13(16(2,3)4)20(8)15-10-9-14(11-18-15)12-19-17(5,6)7/h9-11,13,19H,12H2,1-8H3. The molecule has 1 atom stereocenters. The van der Waals surface area contributed by atoms with Crippen LogP contribution in [0.2, 0.25) is 0 Å². The van der Waals surface area contributed by atoms with Crippen LogP contribution in [0.25, 0.3) is 0 Å². The normalized spacial score (nSPS) is 14.2. The highest BCUT2D eigenvalue weighted by Crippen LogP contribution is 2.26. The number of anilines is 1. The number of aromatic nitrogens is 1. The van der Waals surface area contributed by atoms with Gasteiger partial charge in [0, 0.05) is 31.4 Å². The average molecular weight is 277 g/mol. The van der Waals surface area contributed by atoms with Crippen LogP contribution in [0, 0.1) is 5.41 Å². The quantitative estimate of drug-likeness (QED) is 0.906. The summed E-state index contributed by atoms with van der Waals surface area (Å²) >= 11 is 0. The van der Waals surface area contributed by atoms with E-state index in [-0.39, 0.29) is 11.0 Å². The van der Waals surface area contributed by atoms with E-state index in [9.17, 15) is 0 Å². The molecule has 114 valence electrons. The van der Waals surface area contributed by atoms with Crippen molar-refractivity contribution in [3.8, 4) is 0 Å². The molecule has 0 radical (unpaired) electrons. The van der Waals surface area contributed by atoms with E-state index in [1.807, 2.05) is 6.20 Å². The zero-order valence-corrected chi connectivity index (χ0v) is 14.4. The monoisotopic (exact) mass is 277 g/mol. The first kappa shape index (κ1) is 17.0. The van der Waals surface area contributed by atoms with Crippen molar-refractivity contribution < 1.29 is 0 Å². The summed E-state index contributed by atoms with van der Waals surface area (Å²) in [5, 5.41) is 3.48. The number of hydrogen-bond donors (Lipinski definition) is 1. The second-order valence-electron chi connectivity index (χ2n) is 7.78. The van der Waals surface area contributed by atoms with Crippen molar-refractivity contribution in [1.82, 2.24) is 10.3 Å². The Morgan fingerprint density at radius 1 is 1.15 bits per heavy atom. The summed E-state index contributed by atoms with van der Waals surface area (Å²) in [5.74, 6) is 1.03. The lowest BCUT2D eigenvalue weighted by molar-refractivity contribution is 0.328. The predicted octanol–water partition coefficient (Wildman–Crippen LogP) is 3.84. The summed E-state index contributed by atoms with van der Waals surface area (Å²) < 4.78 is 0. The maximum atomic E-state index is 4.60. The Morgan fingerprint density at radius 2 is 1.75 bits per heavy atom. The Hall–Kier alpha value is -1.09. The molecular formula is C17H31N3. The highest BCUT2D eigenvalue weighted by Gasteiger charge is 2.24. The smallest absolute Gasteiger partial charge is 0.128 e. The van der Waals surface area contributed by atoms with Gasteiger partial charge in [-0.15, -0.1) is 0 Å². The zero-order valence-electron chi connectivity index (χ0n) is 14.4. The molecular weight excluding hydrogens is 246 g/mol. The van der Waals surface area contributed by atoms with E-state index in [0.29, 0.717) is 6.04 Å². The number of nitrogens with one attached hydrogen (secondary N) is 1. The van der Waals surface area contributed by atoms with E-state index < -0.39 is 0 Å². The summed E-state index contributed by atoms with van der Waals surface area (Å²) in [5.41, 5.74) is 1.60. The maximum Gasteiger partial charge on any atom is 0.128 e. The molecule has 0 aliphatic carbocycles. The number of pyridine rings is 1. The molecule has 0 spiro atoms. The van der Waals surface area contributed by atoms with Gasteiger partial charge >= 0.3 is 0 Å². The van der Waals surface area contributed by atoms with Crippen molar-refractivity contribution in [2.75, 3.05) is 11.9 Å². The van der Waals surface area contributed by atoms with Crippen LogP contribution in [-0.4, -0.2) is 23.6 Å². The van der Waals surface area contributed by atoms with Crippen LogP contribution in [0.5, 0.6) is 0 Å². The van der Waals surface area contributed by atoms with E-state index in [1.54, 1.807) is 0 Å². The topological polar surface area (TPSA) is 28.2 Å². The van der Waals surface area contributed by atoms with Crippen molar-refractivity contribution in [2.45, 2.75) is 66.6 Å². The number of rotatable bonds is 4. The molecule has 1 unspecified atom stereocenters. The molecule has 0 saturated carbocycles. The molecule has 0 bridgehead atoms. The summed E-state index contributed by atoms with van der Waals surface area (Å²) in [6.45, 7) is 16.4. The molecule has 0 aliphatic heterocycles. The zero-order chi connectivity index (χ0) is 15.6. The fraction of sp³-hybridized carbons (Fsp3) is 0.706. The van der Waals surface area contributed by atoms with Crippen molar-refractivity contribution in [3.63, 3.8) is 0 Å². The second-order valence-corrected chi connectivity index (χ2v) is 7.78. The van der Waals surface area contributed by atoms with Crippen molar-refractivity contribution in [3.05, 3.63) is 23.9 Å². The average Bonchev–Trinajstić information content (AvgIpc) is 2.33. The lowest BCUT2D eigenvalue weighted by atomic mass is 9.87. The van der Waals surface area contributed by atoms with E-state index >= 15 is 0 Å². The van der Waals surface area contributed by atoms with Gasteiger partial charge in [0.05, 0.1) is 0 Å². The molecule has 1 aromatic rings. The van der Waals surface area contributed by atoms with Crippen LogP contribution in [0.3, 0.4) is 0 Å². The Balaban J connectivity index is 2.71. The van der Waals surface area contributed by atoms with Gasteiger partial charge in [0.1, 0.15) is 5.82 Å². The van der Waals surface area contributed by atoms with E-state index in [2.05, 4.69) is 82.8 Å². The molecule has 3 nitrogen and oxygen atoms in total. The maximum absolute atomic E-state index is 4.60. The molecule has 0 amide bonds. The number of hydrogen-bond acceptors (Lipinski definition) is 3. The van der Waals surface area contributed by atoms with E-state index in [1.165, 1.54) is 5.56 Å². The second kappa shape index (κ2) is 6.13. The van der Waals surface area contributed by atoms with Gasteiger partial charge in [-0.3, -0.25) is 0 Å². The molecule has 1 rings (SSSR count). The molecule has 3 heteroatoms. The van der Waals surface area contributed by atoms with Gasteiger partial charge in [0.15, 0.2) is 0 Å². The molecule has 0 fully saturated rings. The van der Waals surface area contributed by atoms with Crippen molar-refractivity contribution in [2.24, 2.45) is 5.41 Å². The minimum Gasteiger partial charge on any atom is -0.356 e. The third-order valence-corrected chi connectivity index (χ3v) is 3.83. The van der Waals surface area contributed by atoms with Gasteiger partial charge in [0.2, 0.25) is 0 Å². The van der Waals surface area contributed by atoms with Gasteiger partial charge < -0.3 is 10.2 Å². The van der Waals surface area contributed by atoms with E-state index in [0.717, 1.165) is 12.4 Å². The highest BCUT2D eigenvalue weighted by atomic mass is 15.2. The van der Waals surface area contributed by atoms with Crippen LogP contribution in [-0.2, 0) is 6.54 Å². The van der Waals surface area contributed by atoms with Gasteiger partial charge in [-0.05, 0) is 44.7 Å². The van der Waals surface area contributed by atoms with Crippen LogP contribution < -0.4 is 10.2 Å². The Bertz CT molecular complexity index is 409. The van der Waals surface area contributed by atoms with Crippen molar-refractivity contribution >= 4 is 5.82 Å². The third kappa shape index (κ3) is 5.12. The molecule has 1 aromatic heterocycles. The van der Waals surface area contributed by atoms with Gasteiger partial charge in [-0.1, -0.05) is 26.8 Å². The molecule has 0 aromatic carbocycles. The van der Waals surface area contributed by atoms with Crippen LogP contribution >= 0.6 is 0 Å². The minimum absolute atomic E-state index is 0.135. The third-order valence-electron chi connectivity index (χ3n) is 3.83. The Kier molecular flexibility index (Phi) is 5.20. The largest absolute Gasteiger partial charge is 0.356 e. The summed E-state index contributed by atoms with van der Waals surface area (Å²) in [4.78, 5) is 6.85. The van der Waals surface area contributed by atoms with Crippen LogP contribution in [0.15, 0.2) is 18.3 Å². The van der Waals surface area contributed by atoms with Crippen molar-refractivity contribution in [1.29, 1.82) is 0 Å².